The third-order valence-corrected chi connectivity index (χ3v) is 3.32. The first-order valence-electron chi connectivity index (χ1n) is 5.79. The van der Waals surface area contributed by atoms with Crippen LogP contribution in [0.15, 0.2) is 6.33 Å². The topological polar surface area (TPSA) is 42.7 Å². The number of rotatable bonds is 4. The van der Waals surface area contributed by atoms with Crippen LogP contribution in [0.1, 0.15) is 32.0 Å². The highest BCUT2D eigenvalue weighted by molar-refractivity contribution is 4.84. The van der Waals surface area contributed by atoms with Gasteiger partial charge in [0.05, 0.1) is 6.54 Å². The Labute approximate surface area is 91.1 Å². The van der Waals surface area contributed by atoms with E-state index >= 15 is 0 Å². The first-order valence-corrected chi connectivity index (χ1v) is 5.79. The van der Waals surface area contributed by atoms with Crippen molar-refractivity contribution in [2.45, 2.75) is 32.7 Å². The molecule has 0 amide bonds. The van der Waals surface area contributed by atoms with Crippen molar-refractivity contribution in [3.8, 4) is 0 Å². The molecule has 0 spiro atoms. The minimum absolute atomic E-state index is 0.835. The summed E-state index contributed by atoms with van der Waals surface area (Å²) in [4.78, 5) is 0. The lowest BCUT2D eigenvalue weighted by atomic mass is 10.1. The van der Waals surface area contributed by atoms with Crippen LogP contribution in [-0.4, -0.2) is 21.3 Å². The lowest BCUT2D eigenvalue weighted by Gasteiger charge is -2.10. The van der Waals surface area contributed by atoms with Gasteiger partial charge in [0.2, 0.25) is 0 Å². The molecule has 2 rings (SSSR count). The summed E-state index contributed by atoms with van der Waals surface area (Å²) in [6, 6.07) is 0. The molecule has 0 aromatic carbocycles. The normalized spacial score (nSPS) is 26.0. The zero-order valence-electron chi connectivity index (χ0n) is 9.61. The Hall–Kier alpha value is -0.900. The van der Waals surface area contributed by atoms with Gasteiger partial charge in [-0.2, -0.15) is 0 Å². The van der Waals surface area contributed by atoms with Crippen LogP contribution in [0.5, 0.6) is 0 Å². The van der Waals surface area contributed by atoms with Gasteiger partial charge >= 0.3 is 0 Å². The van der Waals surface area contributed by atoms with Gasteiger partial charge in [-0.1, -0.05) is 13.3 Å². The van der Waals surface area contributed by atoms with Gasteiger partial charge < -0.3 is 9.88 Å². The number of hydrogen-bond acceptors (Lipinski definition) is 3. The number of hydrogen-bond donors (Lipinski definition) is 1. The lowest BCUT2D eigenvalue weighted by molar-refractivity contribution is 0.464. The van der Waals surface area contributed by atoms with Crippen LogP contribution in [0.4, 0.5) is 0 Å². The zero-order chi connectivity index (χ0) is 10.7. The summed E-state index contributed by atoms with van der Waals surface area (Å²) in [7, 11) is 1.98. The second-order valence-electron chi connectivity index (χ2n) is 4.77. The average molecular weight is 208 g/mol. The Morgan fingerprint density at radius 1 is 1.53 bits per heavy atom. The van der Waals surface area contributed by atoms with Crippen molar-refractivity contribution in [2.24, 2.45) is 18.9 Å². The van der Waals surface area contributed by atoms with Gasteiger partial charge in [-0.15, -0.1) is 10.2 Å². The first kappa shape index (κ1) is 10.6. The van der Waals surface area contributed by atoms with Crippen LogP contribution in [0.25, 0.3) is 0 Å². The Kier molecular flexibility index (Phi) is 3.36. The Morgan fingerprint density at radius 3 is 3.00 bits per heavy atom. The van der Waals surface area contributed by atoms with E-state index in [9.17, 15) is 0 Å². The van der Waals surface area contributed by atoms with Gasteiger partial charge in [0.25, 0.3) is 0 Å². The smallest absolute Gasteiger partial charge is 0.146 e. The van der Waals surface area contributed by atoms with Crippen LogP contribution in [0.3, 0.4) is 0 Å². The fourth-order valence-electron chi connectivity index (χ4n) is 2.37. The molecule has 0 saturated heterocycles. The van der Waals surface area contributed by atoms with Crippen LogP contribution < -0.4 is 5.32 Å². The highest BCUT2D eigenvalue weighted by atomic mass is 15.3. The second-order valence-corrected chi connectivity index (χ2v) is 4.77. The molecule has 1 aliphatic carbocycles. The first-order chi connectivity index (χ1) is 7.25. The van der Waals surface area contributed by atoms with E-state index in [1.807, 2.05) is 11.6 Å². The van der Waals surface area contributed by atoms with E-state index in [4.69, 9.17) is 0 Å². The Morgan fingerprint density at radius 2 is 2.40 bits per heavy atom. The molecule has 1 heterocycles. The molecular formula is C11H20N4. The lowest BCUT2D eigenvalue weighted by Crippen LogP contribution is -2.22. The molecule has 1 aromatic heterocycles. The van der Waals surface area contributed by atoms with Crippen LogP contribution in [-0.2, 0) is 13.6 Å². The highest BCUT2D eigenvalue weighted by Gasteiger charge is 2.20. The third-order valence-electron chi connectivity index (χ3n) is 3.32. The molecule has 1 fully saturated rings. The molecule has 0 bridgehead atoms. The zero-order valence-corrected chi connectivity index (χ0v) is 9.61. The van der Waals surface area contributed by atoms with Gasteiger partial charge in [0.1, 0.15) is 12.2 Å². The van der Waals surface area contributed by atoms with E-state index in [1.165, 1.54) is 19.3 Å². The van der Waals surface area contributed by atoms with E-state index in [0.717, 1.165) is 30.7 Å². The molecule has 1 aromatic rings. The van der Waals surface area contributed by atoms with Crippen molar-refractivity contribution >= 4 is 0 Å². The molecule has 4 heteroatoms. The van der Waals surface area contributed by atoms with Crippen molar-refractivity contribution in [1.29, 1.82) is 0 Å². The summed E-state index contributed by atoms with van der Waals surface area (Å²) in [5, 5.41) is 11.4. The van der Waals surface area contributed by atoms with E-state index < -0.39 is 0 Å². The molecule has 15 heavy (non-hydrogen) atoms. The monoisotopic (exact) mass is 208 g/mol. The average Bonchev–Trinajstić information content (AvgIpc) is 2.77. The molecule has 0 radical (unpaired) electrons. The predicted octanol–water partition coefficient (Wildman–Crippen LogP) is 1.34. The third kappa shape index (κ3) is 2.78. The fraction of sp³-hybridized carbons (Fsp3) is 0.818. The van der Waals surface area contributed by atoms with Crippen LogP contribution in [0.2, 0.25) is 0 Å². The molecule has 2 atom stereocenters. The highest BCUT2D eigenvalue weighted by Crippen LogP contribution is 2.29. The summed E-state index contributed by atoms with van der Waals surface area (Å²) in [6.45, 7) is 4.31. The molecule has 0 aliphatic heterocycles. The summed E-state index contributed by atoms with van der Waals surface area (Å²) >= 11 is 0. The number of nitrogens with one attached hydrogen (secondary N) is 1. The Balaban J connectivity index is 1.69. The number of aryl methyl sites for hydroxylation is 1. The van der Waals surface area contributed by atoms with Gasteiger partial charge in [0.15, 0.2) is 0 Å². The van der Waals surface area contributed by atoms with Crippen molar-refractivity contribution in [1.82, 2.24) is 20.1 Å². The molecule has 2 unspecified atom stereocenters. The molecule has 1 aliphatic rings. The van der Waals surface area contributed by atoms with Crippen LogP contribution >= 0.6 is 0 Å². The fourth-order valence-corrected chi connectivity index (χ4v) is 2.37. The van der Waals surface area contributed by atoms with E-state index in [1.54, 1.807) is 6.33 Å². The standard InChI is InChI=1S/C11H20N4/c1-9-3-4-10(5-9)6-12-7-11-14-13-8-15(11)2/h8-10,12H,3-7H2,1-2H3. The summed E-state index contributed by atoms with van der Waals surface area (Å²) in [6.07, 6.45) is 5.91. The second kappa shape index (κ2) is 4.75. The summed E-state index contributed by atoms with van der Waals surface area (Å²) < 4.78 is 1.96. The van der Waals surface area contributed by atoms with Crippen molar-refractivity contribution in [3.05, 3.63) is 12.2 Å². The molecule has 84 valence electrons. The number of nitrogens with zero attached hydrogens (tertiary/aromatic N) is 3. The van der Waals surface area contributed by atoms with Gasteiger partial charge in [-0.3, -0.25) is 0 Å². The maximum absolute atomic E-state index is 4.05. The van der Waals surface area contributed by atoms with E-state index in [2.05, 4.69) is 22.4 Å². The molecule has 1 saturated carbocycles. The van der Waals surface area contributed by atoms with Gasteiger partial charge in [0, 0.05) is 7.05 Å². The van der Waals surface area contributed by atoms with E-state index in [-0.39, 0.29) is 0 Å². The molecule has 4 nitrogen and oxygen atoms in total. The summed E-state index contributed by atoms with van der Waals surface area (Å²) in [5.74, 6) is 2.81. The quantitative estimate of drug-likeness (QED) is 0.812. The van der Waals surface area contributed by atoms with Crippen molar-refractivity contribution < 1.29 is 0 Å². The maximum Gasteiger partial charge on any atom is 0.146 e. The Bertz CT molecular complexity index is 307. The minimum atomic E-state index is 0.835. The largest absolute Gasteiger partial charge is 0.320 e. The SMILES string of the molecule is CC1CCC(CNCc2nncn2C)C1. The van der Waals surface area contributed by atoms with Crippen molar-refractivity contribution in [2.75, 3.05) is 6.54 Å². The van der Waals surface area contributed by atoms with Crippen LogP contribution in [0, 0.1) is 11.8 Å². The minimum Gasteiger partial charge on any atom is -0.320 e. The summed E-state index contributed by atoms with van der Waals surface area (Å²) in [5.41, 5.74) is 0. The maximum atomic E-state index is 4.05. The predicted molar refractivity (Wildman–Crippen MR) is 59.2 cm³/mol. The molecule has 1 N–H and O–H groups in total. The molecular weight excluding hydrogens is 188 g/mol. The van der Waals surface area contributed by atoms with Crippen molar-refractivity contribution in [3.63, 3.8) is 0 Å². The van der Waals surface area contributed by atoms with Gasteiger partial charge in [-0.25, -0.2) is 0 Å². The van der Waals surface area contributed by atoms with Gasteiger partial charge in [-0.05, 0) is 31.2 Å². The number of aromatic nitrogens is 3. The van der Waals surface area contributed by atoms with E-state index in [0.29, 0.717) is 0 Å².